The summed E-state index contributed by atoms with van der Waals surface area (Å²) < 4.78 is 5.16. The fraction of sp³-hybridized carbons (Fsp3) is 0.353. The average molecular weight is 348 g/mol. The number of esters is 1. The molecule has 7 heteroatoms. The molecule has 1 aliphatic heterocycles. The quantitative estimate of drug-likeness (QED) is 0.769. The lowest BCUT2D eigenvalue weighted by atomic mass is 9.97. The first-order valence-electron chi connectivity index (χ1n) is 7.65. The average Bonchev–Trinajstić information content (AvgIpc) is 2.55. The van der Waals surface area contributed by atoms with Gasteiger partial charge in [0.05, 0.1) is 18.6 Å². The fourth-order valence-electron chi connectivity index (χ4n) is 2.31. The number of benzene rings is 1. The van der Waals surface area contributed by atoms with E-state index in [1.54, 1.807) is 13.8 Å². The van der Waals surface area contributed by atoms with Crippen LogP contribution in [0.5, 0.6) is 0 Å². The van der Waals surface area contributed by atoms with Gasteiger partial charge >= 0.3 is 11.9 Å². The molecule has 0 saturated heterocycles. The summed E-state index contributed by atoms with van der Waals surface area (Å²) in [5, 5.41) is 12.4. The summed E-state index contributed by atoms with van der Waals surface area (Å²) in [6.07, 6.45) is 0.0505. The molecule has 0 amide bonds. The minimum Gasteiger partial charge on any atom is -0.481 e. The number of ether oxygens (including phenoxy) is 1. The first kappa shape index (κ1) is 18.1. The number of carboxylic acids is 1. The Morgan fingerprint density at radius 2 is 2.04 bits per heavy atom. The second kappa shape index (κ2) is 8.54. The maximum atomic E-state index is 12.3. The van der Waals surface area contributed by atoms with E-state index >= 15 is 0 Å². The zero-order valence-electron chi connectivity index (χ0n) is 13.6. The zero-order valence-corrected chi connectivity index (χ0v) is 14.4. The Labute approximate surface area is 145 Å². The number of carbonyl (C=O) groups excluding carboxylic acids is 1. The van der Waals surface area contributed by atoms with Gasteiger partial charge in [0.15, 0.2) is 5.17 Å². The first-order valence-corrected chi connectivity index (χ1v) is 8.63. The monoisotopic (exact) mass is 348 g/mol. The number of rotatable bonds is 6. The molecule has 2 N–H and O–H groups in total. The number of nitrogens with zero attached hydrogens (tertiary/aromatic N) is 1. The maximum absolute atomic E-state index is 12.3. The van der Waals surface area contributed by atoms with E-state index in [1.807, 2.05) is 30.3 Å². The van der Waals surface area contributed by atoms with Gasteiger partial charge in [-0.1, -0.05) is 42.1 Å². The molecule has 6 nitrogen and oxygen atoms in total. The highest BCUT2D eigenvalue weighted by molar-refractivity contribution is 8.13. The van der Waals surface area contributed by atoms with Crippen molar-refractivity contribution < 1.29 is 19.4 Å². The summed E-state index contributed by atoms with van der Waals surface area (Å²) in [5.74, 6) is -0.835. The highest BCUT2D eigenvalue weighted by Crippen LogP contribution is 2.32. The lowest BCUT2D eigenvalue weighted by Gasteiger charge is -2.25. The third-order valence-corrected chi connectivity index (χ3v) is 4.27. The Hall–Kier alpha value is -2.28. The van der Waals surface area contributed by atoms with E-state index < -0.39 is 18.0 Å². The Kier molecular flexibility index (Phi) is 6.43. The number of carboxylic acid groups (broad SMARTS) is 1. The van der Waals surface area contributed by atoms with E-state index in [-0.39, 0.29) is 6.42 Å². The molecule has 0 bridgehead atoms. The summed E-state index contributed by atoms with van der Waals surface area (Å²) in [5.41, 5.74) is 2.04. The lowest BCUT2D eigenvalue weighted by molar-refractivity contribution is -0.139. The third-order valence-electron chi connectivity index (χ3n) is 3.38. The van der Waals surface area contributed by atoms with Gasteiger partial charge in [0.25, 0.3) is 0 Å². The van der Waals surface area contributed by atoms with Gasteiger partial charge in [-0.3, -0.25) is 4.79 Å². The number of thioether (sulfide) groups is 1. The molecule has 24 heavy (non-hydrogen) atoms. The van der Waals surface area contributed by atoms with Gasteiger partial charge in [-0.25, -0.2) is 9.79 Å². The van der Waals surface area contributed by atoms with Gasteiger partial charge in [-0.05, 0) is 19.4 Å². The van der Waals surface area contributed by atoms with E-state index in [2.05, 4.69) is 10.3 Å². The van der Waals surface area contributed by atoms with E-state index in [9.17, 15) is 9.59 Å². The molecule has 2 rings (SSSR count). The predicted molar refractivity (Wildman–Crippen MR) is 93.8 cm³/mol. The molecule has 0 aliphatic carbocycles. The maximum Gasteiger partial charge on any atom is 0.338 e. The number of hydrogen-bond acceptors (Lipinski definition) is 6. The van der Waals surface area contributed by atoms with Crippen LogP contribution in [0.1, 0.15) is 31.9 Å². The largest absolute Gasteiger partial charge is 0.481 e. The molecule has 0 saturated carbocycles. The lowest BCUT2D eigenvalue weighted by Crippen LogP contribution is -2.30. The fourth-order valence-corrected chi connectivity index (χ4v) is 3.18. The molecular formula is C17H20N2O4S. The van der Waals surface area contributed by atoms with E-state index in [1.165, 1.54) is 11.8 Å². The van der Waals surface area contributed by atoms with Crippen molar-refractivity contribution in [1.29, 1.82) is 0 Å². The minimum atomic E-state index is -0.849. The number of allylic oxidation sites excluding steroid dienone is 1. The van der Waals surface area contributed by atoms with Crippen molar-refractivity contribution in [2.75, 3.05) is 12.4 Å². The normalized spacial score (nSPS) is 17.1. The van der Waals surface area contributed by atoms with Crippen LogP contribution >= 0.6 is 11.8 Å². The van der Waals surface area contributed by atoms with Gasteiger partial charge < -0.3 is 15.2 Å². The molecular weight excluding hydrogens is 328 g/mol. The molecule has 1 heterocycles. The van der Waals surface area contributed by atoms with Gasteiger partial charge in [-0.15, -0.1) is 0 Å². The Balaban J connectivity index is 2.28. The van der Waals surface area contributed by atoms with E-state index in [4.69, 9.17) is 9.84 Å². The molecule has 1 aliphatic rings. The van der Waals surface area contributed by atoms with Gasteiger partial charge in [-0.2, -0.15) is 0 Å². The molecule has 128 valence electrons. The predicted octanol–water partition coefficient (Wildman–Crippen LogP) is 2.73. The summed E-state index contributed by atoms with van der Waals surface area (Å²) in [6.45, 7) is 3.85. The first-order chi connectivity index (χ1) is 11.5. The smallest absolute Gasteiger partial charge is 0.338 e. The van der Waals surface area contributed by atoms with Crippen molar-refractivity contribution in [3.63, 3.8) is 0 Å². The van der Waals surface area contributed by atoms with Crippen molar-refractivity contribution in [2.45, 2.75) is 26.3 Å². The van der Waals surface area contributed by atoms with Crippen LogP contribution in [0.3, 0.4) is 0 Å². The molecule has 0 fully saturated rings. The molecule has 0 radical (unpaired) electrons. The van der Waals surface area contributed by atoms with Crippen LogP contribution < -0.4 is 5.32 Å². The van der Waals surface area contributed by atoms with Crippen LogP contribution in [0.4, 0.5) is 0 Å². The summed E-state index contributed by atoms with van der Waals surface area (Å²) in [6, 6.07) is 9.04. The molecule has 0 aromatic heterocycles. The number of hydrogen-bond donors (Lipinski definition) is 2. The third kappa shape index (κ3) is 4.61. The minimum absolute atomic E-state index is 0.0505. The van der Waals surface area contributed by atoms with Crippen molar-refractivity contribution in [3.05, 3.63) is 47.2 Å². The van der Waals surface area contributed by atoms with Crippen LogP contribution in [0.2, 0.25) is 0 Å². The molecule has 0 spiro atoms. The Morgan fingerprint density at radius 1 is 1.33 bits per heavy atom. The van der Waals surface area contributed by atoms with Gasteiger partial charge in [0.2, 0.25) is 0 Å². The van der Waals surface area contributed by atoms with Crippen molar-refractivity contribution in [2.24, 2.45) is 4.99 Å². The SMILES string of the molecule is CCOC(=O)C1=C(C)NC(SCCC(=O)O)=NC1c1ccccc1. The summed E-state index contributed by atoms with van der Waals surface area (Å²) in [4.78, 5) is 27.6. The Bertz CT molecular complexity index is 670. The highest BCUT2D eigenvalue weighted by Gasteiger charge is 2.30. The van der Waals surface area contributed by atoms with Crippen molar-refractivity contribution >= 4 is 28.9 Å². The zero-order chi connectivity index (χ0) is 17.5. The number of carbonyl (C=O) groups is 2. The van der Waals surface area contributed by atoms with E-state index in [0.717, 1.165) is 5.56 Å². The highest BCUT2D eigenvalue weighted by atomic mass is 32.2. The second-order valence-corrected chi connectivity index (χ2v) is 6.21. The molecule has 1 atom stereocenters. The Morgan fingerprint density at radius 3 is 2.67 bits per heavy atom. The topological polar surface area (TPSA) is 88.0 Å². The van der Waals surface area contributed by atoms with Crippen LogP contribution in [0.15, 0.2) is 46.6 Å². The van der Waals surface area contributed by atoms with Crippen LogP contribution in [-0.4, -0.2) is 34.6 Å². The van der Waals surface area contributed by atoms with Gasteiger partial charge in [0, 0.05) is 11.4 Å². The van der Waals surface area contributed by atoms with Crippen molar-refractivity contribution in [3.8, 4) is 0 Å². The number of aliphatic imine (C=N–C) groups is 1. The number of amidine groups is 1. The van der Waals surface area contributed by atoms with E-state index in [0.29, 0.717) is 28.8 Å². The van der Waals surface area contributed by atoms with Crippen LogP contribution in [0.25, 0.3) is 0 Å². The standard InChI is InChI=1S/C17H20N2O4S/c1-3-23-16(22)14-11(2)18-17(24-10-9-13(20)21)19-15(14)12-7-5-4-6-8-12/h4-8,15H,3,9-10H2,1-2H3,(H,18,19)(H,20,21). The van der Waals surface area contributed by atoms with Crippen molar-refractivity contribution in [1.82, 2.24) is 5.32 Å². The van der Waals surface area contributed by atoms with Gasteiger partial charge in [0.1, 0.15) is 6.04 Å². The van der Waals surface area contributed by atoms with Crippen LogP contribution in [0, 0.1) is 0 Å². The number of nitrogens with one attached hydrogen (secondary N) is 1. The second-order valence-electron chi connectivity index (χ2n) is 5.12. The summed E-state index contributed by atoms with van der Waals surface area (Å²) in [7, 11) is 0. The summed E-state index contributed by atoms with van der Waals surface area (Å²) >= 11 is 1.33. The number of aliphatic carboxylic acids is 1. The molecule has 1 aromatic carbocycles. The molecule has 1 aromatic rings. The molecule has 1 unspecified atom stereocenters. The van der Waals surface area contributed by atoms with Crippen LogP contribution in [-0.2, 0) is 14.3 Å².